The molecule has 0 saturated heterocycles. The second-order valence-electron chi connectivity index (χ2n) is 5.54. The predicted octanol–water partition coefficient (Wildman–Crippen LogP) is 3.28. The molecule has 3 aromatic rings. The zero-order valence-corrected chi connectivity index (χ0v) is 17.1. The Morgan fingerprint density at radius 2 is 2.10 bits per heavy atom. The fourth-order valence-electron chi connectivity index (χ4n) is 2.30. The zero-order chi connectivity index (χ0) is 20.8. The molecule has 0 saturated carbocycles. The van der Waals surface area contributed by atoms with Crippen LogP contribution in [-0.2, 0) is 9.53 Å². The number of ether oxygens (including phenoxy) is 1. The Kier molecular flexibility index (Phi) is 6.58. The highest BCUT2D eigenvalue weighted by Gasteiger charge is 2.22. The summed E-state index contributed by atoms with van der Waals surface area (Å²) in [7, 11) is 0. The minimum Gasteiger partial charge on any atom is -0.462 e. The van der Waals surface area contributed by atoms with Crippen LogP contribution in [0.1, 0.15) is 27.7 Å². The van der Waals surface area contributed by atoms with Crippen molar-refractivity contribution in [1.29, 1.82) is 5.26 Å². The van der Waals surface area contributed by atoms with Gasteiger partial charge in [0.2, 0.25) is 11.8 Å². The second kappa shape index (κ2) is 9.31. The maximum absolute atomic E-state index is 12.3. The maximum atomic E-state index is 12.3. The van der Waals surface area contributed by atoms with Gasteiger partial charge in [-0.25, -0.2) is 4.79 Å². The van der Waals surface area contributed by atoms with E-state index in [4.69, 9.17) is 9.15 Å². The summed E-state index contributed by atoms with van der Waals surface area (Å²) >= 11 is 2.08. The number of nitrogens with one attached hydrogen (secondary N) is 1. The number of rotatable bonds is 7. The standard InChI is InChI=1S/C18H15N5O4S2/c1-3-26-17(25)14-10(2)12(8-19)16(29-14)21-13(24)9-28-18-23-22-15(27-18)11-4-6-20-7-5-11/h4-7H,3,9H2,1-2H3,(H,21,24). The molecule has 0 spiro atoms. The van der Waals surface area contributed by atoms with Crippen LogP contribution < -0.4 is 5.32 Å². The van der Waals surface area contributed by atoms with E-state index in [1.807, 2.05) is 6.07 Å². The molecule has 0 aliphatic heterocycles. The third-order valence-electron chi connectivity index (χ3n) is 3.63. The molecule has 1 N–H and O–H groups in total. The first kappa shape index (κ1) is 20.5. The number of nitriles is 1. The second-order valence-corrected chi connectivity index (χ2v) is 7.49. The van der Waals surface area contributed by atoms with Gasteiger partial charge in [0.15, 0.2) is 0 Å². The molecule has 0 fully saturated rings. The molecule has 0 aromatic carbocycles. The van der Waals surface area contributed by atoms with Crippen LogP contribution in [0.15, 0.2) is 34.2 Å². The van der Waals surface area contributed by atoms with Crippen molar-refractivity contribution in [1.82, 2.24) is 15.2 Å². The van der Waals surface area contributed by atoms with Crippen LogP contribution in [0.2, 0.25) is 0 Å². The minimum absolute atomic E-state index is 0.00542. The summed E-state index contributed by atoms with van der Waals surface area (Å²) in [4.78, 5) is 28.5. The Hall–Kier alpha value is -3.23. The maximum Gasteiger partial charge on any atom is 0.348 e. The van der Waals surface area contributed by atoms with E-state index < -0.39 is 5.97 Å². The number of thioether (sulfide) groups is 1. The summed E-state index contributed by atoms with van der Waals surface area (Å²) < 4.78 is 10.5. The Labute approximate surface area is 174 Å². The van der Waals surface area contributed by atoms with E-state index in [2.05, 4.69) is 20.5 Å². The topological polar surface area (TPSA) is 131 Å². The highest BCUT2D eigenvalue weighted by molar-refractivity contribution is 7.99. The SMILES string of the molecule is CCOC(=O)c1sc(NC(=O)CSc2nnc(-c3ccncc3)o2)c(C#N)c1C. The van der Waals surface area contributed by atoms with Crippen molar-refractivity contribution in [3.63, 3.8) is 0 Å². The number of pyridine rings is 1. The normalized spacial score (nSPS) is 10.4. The van der Waals surface area contributed by atoms with Crippen LogP contribution in [0.4, 0.5) is 5.00 Å². The lowest BCUT2D eigenvalue weighted by Crippen LogP contribution is -2.13. The summed E-state index contributed by atoms with van der Waals surface area (Å²) in [5.41, 5.74) is 1.45. The summed E-state index contributed by atoms with van der Waals surface area (Å²) in [5, 5.41) is 20.4. The molecule has 3 aromatic heterocycles. The van der Waals surface area contributed by atoms with Gasteiger partial charge in [-0.1, -0.05) is 11.8 Å². The zero-order valence-electron chi connectivity index (χ0n) is 15.5. The minimum atomic E-state index is -0.518. The van der Waals surface area contributed by atoms with Gasteiger partial charge in [0, 0.05) is 18.0 Å². The van der Waals surface area contributed by atoms with Gasteiger partial charge in [0.1, 0.15) is 15.9 Å². The van der Waals surface area contributed by atoms with E-state index in [0.29, 0.717) is 21.3 Å². The monoisotopic (exact) mass is 429 g/mol. The van der Waals surface area contributed by atoms with Gasteiger partial charge in [0.25, 0.3) is 5.22 Å². The molecule has 0 unspecified atom stereocenters. The molecule has 0 aliphatic carbocycles. The van der Waals surface area contributed by atoms with E-state index in [1.165, 1.54) is 0 Å². The van der Waals surface area contributed by atoms with Gasteiger partial charge in [-0.2, -0.15) is 5.26 Å². The molecular formula is C18H15N5O4S2. The number of anilines is 1. The van der Waals surface area contributed by atoms with E-state index >= 15 is 0 Å². The smallest absolute Gasteiger partial charge is 0.348 e. The van der Waals surface area contributed by atoms with Gasteiger partial charge in [-0.15, -0.1) is 21.5 Å². The third-order valence-corrected chi connectivity index (χ3v) is 5.64. The van der Waals surface area contributed by atoms with Gasteiger partial charge >= 0.3 is 5.97 Å². The highest BCUT2D eigenvalue weighted by Crippen LogP contribution is 2.33. The van der Waals surface area contributed by atoms with Crippen LogP contribution in [0.5, 0.6) is 0 Å². The Morgan fingerprint density at radius 3 is 2.79 bits per heavy atom. The lowest BCUT2D eigenvalue weighted by molar-refractivity contribution is -0.113. The fourth-order valence-corrected chi connectivity index (χ4v) is 3.93. The molecule has 29 heavy (non-hydrogen) atoms. The lowest BCUT2D eigenvalue weighted by Gasteiger charge is -2.01. The number of aromatic nitrogens is 3. The van der Waals surface area contributed by atoms with Gasteiger partial charge in [0.05, 0.1) is 17.9 Å². The van der Waals surface area contributed by atoms with Gasteiger partial charge in [-0.3, -0.25) is 9.78 Å². The molecule has 11 heteroatoms. The molecule has 0 radical (unpaired) electrons. The van der Waals surface area contributed by atoms with Crippen molar-refractivity contribution in [2.75, 3.05) is 17.7 Å². The van der Waals surface area contributed by atoms with Crippen LogP contribution in [0.25, 0.3) is 11.5 Å². The summed E-state index contributed by atoms with van der Waals surface area (Å²) in [6.07, 6.45) is 3.22. The predicted molar refractivity (Wildman–Crippen MR) is 107 cm³/mol. The Balaban J connectivity index is 1.64. The van der Waals surface area contributed by atoms with Crippen molar-refractivity contribution in [3.05, 3.63) is 40.5 Å². The first-order chi connectivity index (χ1) is 14.0. The van der Waals surface area contributed by atoms with Gasteiger partial charge in [-0.05, 0) is 31.5 Å². The van der Waals surface area contributed by atoms with Crippen molar-refractivity contribution in [3.8, 4) is 17.5 Å². The molecule has 0 bridgehead atoms. The third kappa shape index (κ3) is 4.79. The van der Waals surface area contributed by atoms with Crippen molar-refractivity contribution < 1.29 is 18.7 Å². The summed E-state index contributed by atoms with van der Waals surface area (Å²) in [5.74, 6) is -0.563. The fraction of sp³-hybridized carbons (Fsp3) is 0.222. The number of carbonyl (C=O) groups excluding carboxylic acids is 2. The molecule has 0 aliphatic rings. The van der Waals surface area contributed by atoms with E-state index in [9.17, 15) is 14.9 Å². The lowest BCUT2D eigenvalue weighted by atomic mass is 10.2. The van der Waals surface area contributed by atoms with Crippen molar-refractivity contribution in [2.45, 2.75) is 19.1 Å². The molecule has 1 amide bonds. The molecule has 0 atom stereocenters. The van der Waals surface area contributed by atoms with Crippen LogP contribution in [-0.4, -0.2) is 39.4 Å². The number of carbonyl (C=O) groups is 2. The quantitative estimate of drug-likeness (QED) is 0.444. The van der Waals surface area contributed by atoms with E-state index in [0.717, 1.165) is 28.7 Å². The Morgan fingerprint density at radius 1 is 1.34 bits per heavy atom. The van der Waals surface area contributed by atoms with Crippen LogP contribution in [0, 0.1) is 18.3 Å². The number of hydrogen-bond donors (Lipinski definition) is 1. The number of nitrogens with zero attached hydrogens (tertiary/aromatic N) is 4. The average molecular weight is 429 g/mol. The number of hydrogen-bond acceptors (Lipinski definition) is 10. The first-order valence-corrected chi connectivity index (χ1v) is 10.2. The van der Waals surface area contributed by atoms with E-state index in [1.54, 1.807) is 38.4 Å². The molecule has 148 valence electrons. The number of thiophene rings is 1. The summed E-state index contributed by atoms with van der Waals surface area (Å²) in [6, 6.07) is 5.49. The van der Waals surface area contributed by atoms with Crippen molar-refractivity contribution >= 4 is 40.0 Å². The van der Waals surface area contributed by atoms with Crippen LogP contribution in [0.3, 0.4) is 0 Å². The first-order valence-electron chi connectivity index (χ1n) is 8.40. The summed E-state index contributed by atoms with van der Waals surface area (Å²) in [6.45, 7) is 3.57. The number of amides is 1. The molecule has 3 rings (SSSR count). The highest BCUT2D eigenvalue weighted by atomic mass is 32.2. The average Bonchev–Trinajstić information content (AvgIpc) is 3.32. The largest absolute Gasteiger partial charge is 0.462 e. The van der Waals surface area contributed by atoms with Crippen molar-refractivity contribution in [2.24, 2.45) is 0 Å². The molecular weight excluding hydrogens is 414 g/mol. The molecule has 3 heterocycles. The van der Waals surface area contributed by atoms with Crippen LogP contribution >= 0.6 is 23.1 Å². The van der Waals surface area contributed by atoms with E-state index in [-0.39, 0.29) is 29.1 Å². The van der Waals surface area contributed by atoms with Gasteiger partial charge < -0.3 is 14.5 Å². The number of esters is 1. The Bertz CT molecular complexity index is 1070. The molecule has 9 nitrogen and oxygen atoms in total.